The summed E-state index contributed by atoms with van der Waals surface area (Å²) in [5.74, 6) is -1.44. The van der Waals surface area contributed by atoms with E-state index in [9.17, 15) is 13.6 Å². The SMILES string of the molecule is CCCCCCCc1c(C)[nH]c2c(F)cc(F)cc2c1=O. The van der Waals surface area contributed by atoms with Crippen molar-refractivity contribution < 1.29 is 8.78 Å². The molecule has 0 saturated heterocycles. The van der Waals surface area contributed by atoms with E-state index >= 15 is 0 Å². The van der Waals surface area contributed by atoms with Crippen LogP contribution in [0.25, 0.3) is 10.9 Å². The highest BCUT2D eigenvalue weighted by Gasteiger charge is 2.13. The molecule has 4 heteroatoms. The lowest BCUT2D eigenvalue weighted by Gasteiger charge is -2.09. The van der Waals surface area contributed by atoms with E-state index < -0.39 is 11.6 Å². The maximum absolute atomic E-state index is 13.7. The van der Waals surface area contributed by atoms with E-state index in [1.807, 2.05) is 0 Å². The second kappa shape index (κ2) is 6.83. The maximum Gasteiger partial charge on any atom is 0.193 e. The molecular weight excluding hydrogens is 272 g/mol. The largest absolute Gasteiger partial charge is 0.356 e. The lowest BCUT2D eigenvalue weighted by molar-refractivity contribution is 0.589. The van der Waals surface area contributed by atoms with Gasteiger partial charge in [0.25, 0.3) is 0 Å². The molecule has 114 valence electrons. The number of pyridine rings is 1. The predicted octanol–water partition coefficient (Wildman–Crippen LogP) is 4.63. The fourth-order valence-corrected chi connectivity index (χ4v) is 2.68. The summed E-state index contributed by atoms with van der Waals surface area (Å²) in [6, 6.07) is 1.90. The van der Waals surface area contributed by atoms with Crippen molar-refractivity contribution in [2.45, 2.75) is 52.4 Å². The van der Waals surface area contributed by atoms with Crippen LogP contribution in [-0.4, -0.2) is 4.98 Å². The summed E-state index contributed by atoms with van der Waals surface area (Å²) in [6.45, 7) is 3.92. The van der Waals surface area contributed by atoms with Crippen molar-refractivity contribution in [2.75, 3.05) is 0 Å². The zero-order valence-corrected chi connectivity index (χ0v) is 12.6. The number of aromatic amines is 1. The molecule has 0 unspecified atom stereocenters. The summed E-state index contributed by atoms with van der Waals surface area (Å²) < 4.78 is 27.0. The van der Waals surface area contributed by atoms with E-state index in [1.54, 1.807) is 6.92 Å². The molecule has 0 fully saturated rings. The lowest BCUT2D eigenvalue weighted by atomic mass is 10.0. The molecule has 0 aliphatic heterocycles. The highest BCUT2D eigenvalue weighted by Crippen LogP contribution is 2.18. The first-order chi connectivity index (χ1) is 10.0. The van der Waals surface area contributed by atoms with Crippen molar-refractivity contribution in [2.24, 2.45) is 0 Å². The molecule has 2 nitrogen and oxygen atoms in total. The van der Waals surface area contributed by atoms with Crippen LogP contribution in [0.1, 0.15) is 50.3 Å². The Morgan fingerprint density at radius 3 is 2.52 bits per heavy atom. The smallest absolute Gasteiger partial charge is 0.193 e. The Kier molecular flexibility index (Phi) is 5.10. The molecule has 0 spiro atoms. The zero-order chi connectivity index (χ0) is 15.4. The summed E-state index contributed by atoms with van der Waals surface area (Å²) in [4.78, 5) is 15.3. The summed E-state index contributed by atoms with van der Waals surface area (Å²) in [5, 5.41) is 0.0988. The van der Waals surface area contributed by atoms with Gasteiger partial charge in [0.05, 0.1) is 10.9 Å². The van der Waals surface area contributed by atoms with E-state index in [4.69, 9.17) is 0 Å². The molecule has 1 aromatic heterocycles. The van der Waals surface area contributed by atoms with E-state index in [1.165, 1.54) is 12.8 Å². The van der Waals surface area contributed by atoms with E-state index in [0.29, 0.717) is 17.7 Å². The topological polar surface area (TPSA) is 32.9 Å². The van der Waals surface area contributed by atoms with Gasteiger partial charge in [0.2, 0.25) is 0 Å². The van der Waals surface area contributed by atoms with Gasteiger partial charge in [-0.15, -0.1) is 0 Å². The molecule has 0 atom stereocenters. The number of nitrogens with one attached hydrogen (secondary N) is 1. The van der Waals surface area contributed by atoms with Crippen LogP contribution in [0.3, 0.4) is 0 Å². The summed E-state index contributed by atoms with van der Waals surface area (Å²) in [5.41, 5.74) is 1.15. The van der Waals surface area contributed by atoms with Crippen LogP contribution in [-0.2, 0) is 6.42 Å². The van der Waals surface area contributed by atoms with Gasteiger partial charge in [0.15, 0.2) is 5.43 Å². The van der Waals surface area contributed by atoms with Crippen molar-refractivity contribution in [1.82, 2.24) is 4.98 Å². The number of aryl methyl sites for hydroxylation is 1. The molecule has 2 aromatic rings. The van der Waals surface area contributed by atoms with Crippen LogP contribution in [0.5, 0.6) is 0 Å². The average Bonchev–Trinajstić information content (AvgIpc) is 2.43. The summed E-state index contributed by atoms with van der Waals surface area (Å²) in [6.07, 6.45) is 6.18. The number of aromatic nitrogens is 1. The van der Waals surface area contributed by atoms with Gasteiger partial charge in [-0.1, -0.05) is 32.6 Å². The molecule has 1 heterocycles. The van der Waals surface area contributed by atoms with Crippen molar-refractivity contribution >= 4 is 10.9 Å². The van der Waals surface area contributed by atoms with Crippen molar-refractivity contribution in [3.8, 4) is 0 Å². The van der Waals surface area contributed by atoms with Gasteiger partial charge in [-0.2, -0.15) is 0 Å². The Hall–Kier alpha value is -1.71. The normalized spacial score (nSPS) is 11.2. The fourth-order valence-electron chi connectivity index (χ4n) is 2.68. The Labute approximate surface area is 123 Å². The molecule has 1 aromatic carbocycles. The number of hydrogen-bond acceptors (Lipinski definition) is 1. The number of unbranched alkanes of at least 4 members (excludes halogenated alkanes) is 4. The molecule has 0 aliphatic carbocycles. The number of hydrogen-bond donors (Lipinski definition) is 1. The monoisotopic (exact) mass is 293 g/mol. The molecule has 0 radical (unpaired) electrons. The fraction of sp³-hybridized carbons (Fsp3) is 0.471. The third-order valence-corrected chi connectivity index (χ3v) is 3.87. The molecule has 2 rings (SSSR count). The van der Waals surface area contributed by atoms with Crippen molar-refractivity contribution in [3.05, 3.63) is 45.2 Å². The minimum absolute atomic E-state index is 0.0913. The molecular formula is C17H21F2NO. The highest BCUT2D eigenvalue weighted by atomic mass is 19.1. The Balaban J connectivity index is 2.30. The maximum atomic E-state index is 13.7. The van der Waals surface area contributed by atoms with Crippen molar-refractivity contribution in [1.29, 1.82) is 0 Å². The quantitative estimate of drug-likeness (QED) is 0.774. The number of rotatable bonds is 6. The van der Waals surface area contributed by atoms with Crippen molar-refractivity contribution in [3.63, 3.8) is 0 Å². The molecule has 0 saturated carbocycles. The molecule has 0 amide bonds. The van der Waals surface area contributed by atoms with Crippen LogP contribution in [0.15, 0.2) is 16.9 Å². The van der Waals surface area contributed by atoms with Gasteiger partial charge in [0, 0.05) is 17.3 Å². The molecule has 21 heavy (non-hydrogen) atoms. The standard InChI is InChI=1S/C17H21F2NO/c1-3-4-5-6-7-8-13-11(2)20-16-14(17(13)21)9-12(18)10-15(16)19/h9-10H,3-8H2,1-2H3,(H,20,21). The van der Waals surface area contributed by atoms with Crippen LogP contribution in [0, 0.1) is 18.6 Å². The third-order valence-electron chi connectivity index (χ3n) is 3.87. The first kappa shape index (κ1) is 15.7. The predicted molar refractivity (Wildman–Crippen MR) is 81.7 cm³/mol. The number of fused-ring (bicyclic) bond motifs is 1. The first-order valence-corrected chi connectivity index (χ1v) is 7.55. The second-order valence-corrected chi connectivity index (χ2v) is 5.53. The zero-order valence-electron chi connectivity index (χ0n) is 12.6. The summed E-state index contributed by atoms with van der Waals surface area (Å²) in [7, 11) is 0. The molecule has 0 aliphatic rings. The van der Waals surface area contributed by atoms with E-state index in [2.05, 4.69) is 11.9 Å². The van der Waals surface area contributed by atoms with Gasteiger partial charge >= 0.3 is 0 Å². The van der Waals surface area contributed by atoms with Crippen LogP contribution < -0.4 is 5.43 Å². The van der Waals surface area contributed by atoms with Crippen LogP contribution in [0.2, 0.25) is 0 Å². The van der Waals surface area contributed by atoms with Crippen LogP contribution >= 0.6 is 0 Å². The van der Waals surface area contributed by atoms with Crippen LogP contribution in [0.4, 0.5) is 8.78 Å². The second-order valence-electron chi connectivity index (χ2n) is 5.53. The van der Waals surface area contributed by atoms with Gasteiger partial charge in [0.1, 0.15) is 11.6 Å². The van der Waals surface area contributed by atoms with E-state index in [-0.39, 0.29) is 16.3 Å². The first-order valence-electron chi connectivity index (χ1n) is 7.55. The average molecular weight is 293 g/mol. The van der Waals surface area contributed by atoms with E-state index in [0.717, 1.165) is 31.4 Å². The molecule has 1 N–H and O–H groups in total. The van der Waals surface area contributed by atoms with Gasteiger partial charge in [-0.05, 0) is 25.8 Å². The number of benzene rings is 1. The molecule has 0 bridgehead atoms. The minimum atomic E-state index is -0.723. The van der Waals surface area contributed by atoms with Gasteiger partial charge < -0.3 is 4.98 Å². The third kappa shape index (κ3) is 3.49. The number of H-pyrrole nitrogens is 1. The van der Waals surface area contributed by atoms with Gasteiger partial charge in [-0.3, -0.25) is 4.79 Å². The Morgan fingerprint density at radius 2 is 1.81 bits per heavy atom. The Bertz CT molecular complexity index is 691. The minimum Gasteiger partial charge on any atom is -0.356 e. The summed E-state index contributed by atoms with van der Waals surface area (Å²) >= 11 is 0. The lowest BCUT2D eigenvalue weighted by Crippen LogP contribution is -2.14. The number of halogens is 2. The highest BCUT2D eigenvalue weighted by molar-refractivity contribution is 5.80. The van der Waals surface area contributed by atoms with Gasteiger partial charge in [-0.25, -0.2) is 8.78 Å². The Morgan fingerprint density at radius 1 is 1.10 bits per heavy atom.